The molecule has 0 spiro atoms. The zero-order valence-corrected chi connectivity index (χ0v) is 12.0. The van der Waals surface area contributed by atoms with Crippen LogP contribution < -0.4 is 5.73 Å². The highest BCUT2D eigenvalue weighted by Crippen LogP contribution is 2.18. The third kappa shape index (κ3) is 4.07. The van der Waals surface area contributed by atoms with E-state index in [0.717, 1.165) is 0 Å². The maximum atomic E-state index is 12.3. The topological polar surface area (TPSA) is 107 Å². The van der Waals surface area contributed by atoms with Crippen molar-refractivity contribution in [1.82, 2.24) is 14.7 Å². The van der Waals surface area contributed by atoms with Crippen LogP contribution in [0.1, 0.15) is 12.8 Å². The highest BCUT2D eigenvalue weighted by molar-refractivity contribution is 5.80. The fraction of sp³-hybridized carbons (Fsp3) is 0.769. The smallest absolute Gasteiger partial charge is 0.320 e. The number of rotatable bonds is 4. The van der Waals surface area contributed by atoms with Gasteiger partial charge in [-0.1, -0.05) is 0 Å². The van der Waals surface area contributed by atoms with Crippen LogP contribution in [0.4, 0.5) is 4.79 Å². The first kappa shape index (κ1) is 15.6. The molecular formula is C13H22N4O4. The van der Waals surface area contributed by atoms with Crippen molar-refractivity contribution in [1.29, 1.82) is 0 Å². The predicted molar refractivity (Wildman–Crippen MR) is 74.5 cm³/mol. The monoisotopic (exact) mass is 298 g/mol. The van der Waals surface area contributed by atoms with Crippen LogP contribution in [0.2, 0.25) is 0 Å². The standard InChI is InChI=1S/C13H22N4O4/c14-12(20)10-1-4-17(9-10)13(21)16-7-5-15(6-8-16)3-2-11(18)19/h10H,1-9H2,(H2,14,20)(H,18,19). The predicted octanol–water partition coefficient (Wildman–Crippen LogP) is -0.994. The molecule has 0 saturated carbocycles. The maximum absolute atomic E-state index is 12.3. The number of carbonyl (C=O) groups is 3. The van der Waals surface area contributed by atoms with E-state index in [2.05, 4.69) is 0 Å². The van der Waals surface area contributed by atoms with Crippen LogP contribution in [0.5, 0.6) is 0 Å². The molecular weight excluding hydrogens is 276 g/mol. The normalized spacial score (nSPS) is 23.3. The van der Waals surface area contributed by atoms with Crippen molar-refractivity contribution < 1.29 is 19.5 Å². The molecule has 3 N–H and O–H groups in total. The van der Waals surface area contributed by atoms with Gasteiger partial charge in [-0.3, -0.25) is 14.5 Å². The fourth-order valence-corrected chi connectivity index (χ4v) is 2.78. The number of hydrogen-bond donors (Lipinski definition) is 2. The summed E-state index contributed by atoms with van der Waals surface area (Å²) in [6.07, 6.45) is 0.764. The van der Waals surface area contributed by atoms with Gasteiger partial charge in [0.15, 0.2) is 0 Å². The molecule has 2 heterocycles. The van der Waals surface area contributed by atoms with E-state index in [1.165, 1.54) is 0 Å². The fourth-order valence-electron chi connectivity index (χ4n) is 2.78. The molecule has 0 bridgehead atoms. The number of likely N-dealkylation sites (tertiary alicyclic amines) is 1. The lowest BCUT2D eigenvalue weighted by atomic mass is 10.1. The number of amides is 3. The van der Waals surface area contributed by atoms with Crippen LogP contribution in [0, 0.1) is 5.92 Å². The lowest BCUT2D eigenvalue weighted by molar-refractivity contribution is -0.137. The molecule has 0 aromatic heterocycles. The zero-order chi connectivity index (χ0) is 15.4. The van der Waals surface area contributed by atoms with Crippen molar-refractivity contribution >= 4 is 17.9 Å². The minimum Gasteiger partial charge on any atom is -0.481 e. The van der Waals surface area contributed by atoms with E-state index in [4.69, 9.17) is 10.8 Å². The molecule has 118 valence electrons. The summed E-state index contributed by atoms with van der Waals surface area (Å²) in [5, 5.41) is 8.66. The van der Waals surface area contributed by atoms with Gasteiger partial charge in [0.05, 0.1) is 12.3 Å². The Morgan fingerprint density at radius 2 is 1.71 bits per heavy atom. The number of nitrogens with zero attached hydrogens (tertiary/aromatic N) is 3. The van der Waals surface area contributed by atoms with Crippen molar-refractivity contribution in [2.45, 2.75) is 12.8 Å². The third-order valence-electron chi connectivity index (χ3n) is 4.15. The molecule has 8 nitrogen and oxygen atoms in total. The SMILES string of the molecule is NC(=O)C1CCN(C(=O)N2CCN(CCC(=O)O)CC2)C1. The Balaban J connectivity index is 1.76. The Hall–Kier alpha value is -1.83. The van der Waals surface area contributed by atoms with E-state index in [1.807, 2.05) is 4.90 Å². The number of piperazine rings is 1. The molecule has 2 saturated heterocycles. The number of hydrogen-bond acceptors (Lipinski definition) is 4. The number of carboxylic acids is 1. The lowest BCUT2D eigenvalue weighted by Gasteiger charge is -2.36. The van der Waals surface area contributed by atoms with Gasteiger partial charge in [-0.25, -0.2) is 4.79 Å². The Kier molecular flexibility index (Phi) is 5.00. The van der Waals surface area contributed by atoms with Crippen LogP contribution in [0.25, 0.3) is 0 Å². The first-order valence-electron chi connectivity index (χ1n) is 7.24. The second kappa shape index (κ2) is 6.75. The molecule has 0 aromatic rings. The molecule has 1 atom stereocenters. The van der Waals surface area contributed by atoms with Crippen LogP contribution in [0.15, 0.2) is 0 Å². The Morgan fingerprint density at radius 3 is 2.24 bits per heavy atom. The van der Waals surface area contributed by atoms with Crippen LogP contribution >= 0.6 is 0 Å². The molecule has 0 radical (unpaired) electrons. The zero-order valence-electron chi connectivity index (χ0n) is 12.0. The number of nitrogens with two attached hydrogens (primary N) is 1. The average molecular weight is 298 g/mol. The number of carbonyl (C=O) groups excluding carboxylic acids is 2. The minimum atomic E-state index is -0.803. The highest BCUT2D eigenvalue weighted by Gasteiger charge is 2.33. The number of carboxylic acid groups (broad SMARTS) is 1. The summed E-state index contributed by atoms with van der Waals surface area (Å²) >= 11 is 0. The van der Waals surface area contributed by atoms with Gasteiger partial charge in [-0.05, 0) is 6.42 Å². The van der Waals surface area contributed by atoms with Gasteiger partial charge in [0, 0.05) is 45.8 Å². The highest BCUT2D eigenvalue weighted by atomic mass is 16.4. The summed E-state index contributed by atoms with van der Waals surface area (Å²) in [5.74, 6) is -1.38. The summed E-state index contributed by atoms with van der Waals surface area (Å²) < 4.78 is 0. The number of aliphatic carboxylic acids is 1. The van der Waals surface area contributed by atoms with Crippen molar-refractivity contribution in [3.8, 4) is 0 Å². The van der Waals surface area contributed by atoms with E-state index in [-0.39, 0.29) is 24.3 Å². The van der Waals surface area contributed by atoms with Crippen molar-refractivity contribution in [3.05, 3.63) is 0 Å². The maximum Gasteiger partial charge on any atom is 0.320 e. The molecule has 0 aliphatic carbocycles. The van der Waals surface area contributed by atoms with Crippen molar-refractivity contribution in [2.24, 2.45) is 11.7 Å². The van der Waals surface area contributed by atoms with E-state index < -0.39 is 5.97 Å². The van der Waals surface area contributed by atoms with Gasteiger partial charge >= 0.3 is 12.0 Å². The largest absolute Gasteiger partial charge is 0.481 e. The van der Waals surface area contributed by atoms with Gasteiger partial charge in [0.2, 0.25) is 5.91 Å². The van der Waals surface area contributed by atoms with Crippen LogP contribution in [0.3, 0.4) is 0 Å². The van der Waals surface area contributed by atoms with Gasteiger partial charge < -0.3 is 20.6 Å². The van der Waals surface area contributed by atoms with Gasteiger partial charge in [0.25, 0.3) is 0 Å². The molecule has 8 heteroatoms. The van der Waals surface area contributed by atoms with Gasteiger partial charge in [-0.2, -0.15) is 0 Å². The van der Waals surface area contributed by atoms with E-state index in [0.29, 0.717) is 52.2 Å². The van der Waals surface area contributed by atoms with Gasteiger partial charge in [0.1, 0.15) is 0 Å². The van der Waals surface area contributed by atoms with Crippen LogP contribution in [-0.2, 0) is 9.59 Å². The van der Waals surface area contributed by atoms with Gasteiger partial charge in [-0.15, -0.1) is 0 Å². The Labute approximate surface area is 123 Å². The molecule has 3 amide bonds. The molecule has 21 heavy (non-hydrogen) atoms. The Bertz CT molecular complexity index is 420. The Morgan fingerprint density at radius 1 is 1.05 bits per heavy atom. The summed E-state index contributed by atoms with van der Waals surface area (Å²) in [6, 6.07) is -0.0448. The quantitative estimate of drug-likeness (QED) is 0.692. The van der Waals surface area contributed by atoms with E-state index in [1.54, 1.807) is 9.80 Å². The number of urea groups is 1. The summed E-state index contributed by atoms with van der Waals surface area (Å²) in [6.45, 7) is 4.06. The third-order valence-corrected chi connectivity index (χ3v) is 4.15. The minimum absolute atomic E-state index is 0.0448. The lowest BCUT2D eigenvalue weighted by Crippen LogP contribution is -2.52. The molecule has 2 aliphatic heterocycles. The summed E-state index contributed by atoms with van der Waals surface area (Å²) in [7, 11) is 0. The van der Waals surface area contributed by atoms with Crippen LogP contribution in [-0.4, -0.2) is 83.5 Å². The first-order chi connectivity index (χ1) is 9.97. The van der Waals surface area contributed by atoms with E-state index in [9.17, 15) is 14.4 Å². The average Bonchev–Trinajstić information content (AvgIpc) is 2.95. The summed E-state index contributed by atoms with van der Waals surface area (Å²) in [4.78, 5) is 39.5. The molecule has 2 aliphatic rings. The van der Waals surface area contributed by atoms with E-state index >= 15 is 0 Å². The number of primary amides is 1. The molecule has 0 aromatic carbocycles. The van der Waals surface area contributed by atoms with Crippen molar-refractivity contribution in [3.63, 3.8) is 0 Å². The van der Waals surface area contributed by atoms with Crippen molar-refractivity contribution in [2.75, 3.05) is 45.8 Å². The summed E-state index contributed by atoms with van der Waals surface area (Å²) in [5.41, 5.74) is 5.27. The second-order valence-corrected chi connectivity index (χ2v) is 5.59. The second-order valence-electron chi connectivity index (χ2n) is 5.59. The molecule has 2 rings (SSSR count). The molecule has 2 fully saturated rings. The first-order valence-corrected chi connectivity index (χ1v) is 7.24. The molecule has 1 unspecified atom stereocenters.